The summed E-state index contributed by atoms with van der Waals surface area (Å²) in [5.41, 5.74) is 3.77. The standard InChI is InChI=1S/C26H26N2O5/c1-4-32-22-12-7-18(13-24(22)31-3)16-27-26(29)19-8-11-21-23(15-19)33-25(28-21)14-17-5-9-20(30-2)10-6-17/h5-13,15H,4,14,16H2,1-3H3,(H,27,29). The number of nitrogens with zero attached hydrogens (tertiary/aromatic N) is 1. The summed E-state index contributed by atoms with van der Waals surface area (Å²) < 4.78 is 22.0. The van der Waals surface area contributed by atoms with E-state index in [0.717, 1.165) is 16.9 Å². The molecule has 0 atom stereocenters. The molecule has 0 aliphatic carbocycles. The summed E-state index contributed by atoms with van der Waals surface area (Å²) in [6, 6.07) is 18.6. The van der Waals surface area contributed by atoms with Gasteiger partial charge >= 0.3 is 0 Å². The van der Waals surface area contributed by atoms with Crippen LogP contribution in [0.25, 0.3) is 11.1 Å². The van der Waals surface area contributed by atoms with E-state index in [4.69, 9.17) is 18.6 Å². The molecule has 0 radical (unpaired) electrons. The number of fused-ring (bicyclic) bond motifs is 1. The first-order valence-corrected chi connectivity index (χ1v) is 10.7. The van der Waals surface area contributed by atoms with Gasteiger partial charge in [0, 0.05) is 18.5 Å². The van der Waals surface area contributed by atoms with Crippen LogP contribution in [0.2, 0.25) is 0 Å². The van der Waals surface area contributed by atoms with Crippen LogP contribution in [0.5, 0.6) is 17.2 Å². The molecule has 0 fully saturated rings. The van der Waals surface area contributed by atoms with E-state index in [-0.39, 0.29) is 5.91 Å². The third-order valence-electron chi connectivity index (χ3n) is 5.19. The van der Waals surface area contributed by atoms with Gasteiger partial charge < -0.3 is 23.9 Å². The molecule has 170 valence electrons. The maximum absolute atomic E-state index is 12.7. The molecule has 3 aromatic carbocycles. The number of nitrogens with one attached hydrogen (secondary N) is 1. The Bertz CT molecular complexity index is 1250. The van der Waals surface area contributed by atoms with Crippen molar-refractivity contribution in [3.05, 3.63) is 83.2 Å². The van der Waals surface area contributed by atoms with Crippen molar-refractivity contribution in [3.63, 3.8) is 0 Å². The van der Waals surface area contributed by atoms with Gasteiger partial charge in [0.05, 0.1) is 20.8 Å². The molecule has 33 heavy (non-hydrogen) atoms. The zero-order valence-electron chi connectivity index (χ0n) is 18.9. The largest absolute Gasteiger partial charge is 0.497 e. The summed E-state index contributed by atoms with van der Waals surface area (Å²) in [6.07, 6.45) is 0.555. The molecule has 0 aliphatic heterocycles. The summed E-state index contributed by atoms with van der Waals surface area (Å²) >= 11 is 0. The first-order chi connectivity index (χ1) is 16.1. The number of rotatable bonds is 9. The van der Waals surface area contributed by atoms with Gasteiger partial charge in [-0.15, -0.1) is 0 Å². The van der Waals surface area contributed by atoms with E-state index >= 15 is 0 Å². The van der Waals surface area contributed by atoms with Gasteiger partial charge in [0.15, 0.2) is 23.0 Å². The molecule has 1 N–H and O–H groups in total. The second-order valence-electron chi connectivity index (χ2n) is 7.42. The van der Waals surface area contributed by atoms with Gasteiger partial charge in [-0.05, 0) is 60.5 Å². The van der Waals surface area contributed by atoms with Crippen LogP contribution in [0.15, 0.2) is 65.1 Å². The number of amides is 1. The minimum Gasteiger partial charge on any atom is -0.497 e. The number of ether oxygens (including phenoxy) is 3. The lowest BCUT2D eigenvalue weighted by atomic mass is 10.1. The predicted octanol–water partition coefficient (Wildman–Crippen LogP) is 4.76. The van der Waals surface area contributed by atoms with Crippen LogP contribution in [-0.2, 0) is 13.0 Å². The Hall–Kier alpha value is -4.00. The van der Waals surface area contributed by atoms with E-state index in [9.17, 15) is 4.79 Å². The van der Waals surface area contributed by atoms with E-state index in [1.807, 2.05) is 49.4 Å². The molecule has 0 unspecified atom stereocenters. The summed E-state index contributed by atoms with van der Waals surface area (Å²) in [5, 5.41) is 2.93. The molecule has 0 bridgehead atoms. The van der Waals surface area contributed by atoms with Crippen molar-refractivity contribution >= 4 is 17.0 Å². The molecule has 0 aliphatic rings. The highest BCUT2D eigenvalue weighted by molar-refractivity contribution is 5.97. The number of carbonyl (C=O) groups excluding carboxylic acids is 1. The minimum atomic E-state index is -0.196. The maximum atomic E-state index is 12.7. The number of hydrogen-bond acceptors (Lipinski definition) is 6. The van der Waals surface area contributed by atoms with Gasteiger partial charge in [-0.1, -0.05) is 18.2 Å². The lowest BCUT2D eigenvalue weighted by Gasteiger charge is -2.11. The fourth-order valence-corrected chi connectivity index (χ4v) is 3.49. The molecule has 7 heteroatoms. The van der Waals surface area contributed by atoms with Crippen LogP contribution in [-0.4, -0.2) is 31.7 Å². The first-order valence-electron chi connectivity index (χ1n) is 10.7. The van der Waals surface area contributed by atoms with E-state index in [0.29, 0.717) is 53.6 Å². The predicted molar refractivity (Wildman–Crippen MR) is 125 cm³/mol. The normalized spacial score (nSPS) is 10.8. The Kier molecular flexibility index (Phi) is 6.78. The lowest BCUT2D eigenvalue weighted by Crippen LogP contribution is -2.22. The Balaban J connectivity index is 1.43. The minimum absolute atomic E-state index is 0.196. The van der Waals surface area contributed by atoms with E-state index in [1.54, 1.807) is 32.4 Å². The van der Waals surface area contributed by atoms with Crippen molar-refractivity contribution in [1.82, 2.24) is 10.3 Å². The highest BCUT2D eigenvalue weighted by Gasteiger charge is 2.12. The number of hydrogen-bond donors (Lipinski definition) is 1. The molecule has 4 aromatic rings. The topological polar surface area (TPSA) is 82.8 Å². The van der Waals surface area contributed by atoms with Crippen molar-refractivity contribution < 1.29 is 23.4 Å². The Morgan fingerprint density at radius 3 is 2.45 bits per heavy atom. The lowest BCUT2D eigenvalue weighted by molar-refractivity contribution is 0.0951. The first kappa shape index (κ1) is 22.2. The number of carbonyl (C=O) groups is 1. The van der Waals surface area contributed by atoms with Crippen LogP contribution < -0.4 is 19.5 Å². The molecular formula is C26H26N2O5. The zero-order valence-corrected chi connectivity index (χ0v) is 18.9. The Morgan fingerprint density at radius 2 is 1.73 bits per heavy atom. The van der Waals surface area contributed by atoms with Crippen molar-refractivity contribution in [1.29, 1.82) is 0 Å². The zero-order chi connectivity index (χ0) is 23.2. The number of methoxy groups -OCH3 is 2. The molecule has 1 aromatic heterocycles. The SMILES string of the molecule is CCOc1ccc(CNC(=O)c2ccc3nc(Cc4ccc(OC)cc4)oc3c2)cc1OC. The van der Waals surface area contributed by atoms with Crippen LogP contribution in [0.3, 0.4) is 0 Å². The molecule has 1 heterocycles. The highest BCUT2D eigenvalue weighted by Crippen LogP contribution is 2.28. The van der Waals surface area contributed by atoms with Crippen molar-refractivity contribution in [3.8, 4) is 17.2 Å². The van der Waals surface area contributed by atoms with Crippen molar-refractivity contribution in [2.75, 3.05) is 20.8 Å². The molecule has 0 saturated carbocycles. The smallest absolute Gasteiger partial charge is 0.251 e. The van der Waals surface area contributed by atoms with Gasteiger partial charge in [-0.25, -0.2) is 4.98 Å². The van der Waals surface area contributed by atoms with Crippen LogP contribution in [0.1, 0.15) is 34.3 Å². The second-order valence-corrected chi connectivity index (χ2v) is 7.42. The maximum Gasteiger partial charge on any atom is 0.251 e. The number of benzene rings is 3. The summed E-state index contributed by atoms with van der Waals surface area (Å²) in [6.45, 7) is 2.83. The average Bonchev–Trinajstić information content (AvgIpc) is 3.25. The second kappa shape index (κ2) is 10.1. The Morgan fingerprint density at radius 1 is 0.939 bits per heavy atom. The third-order valence-corrected chi connectivity index (χ3v) is 5.19. The number of oxazole rings is 1. The van der Waals surface area contributed by atoms with E-state index < -0.39 is 0 Å². The summed E-state index contributed by atoms with van der Waals surface area (Å²) in [5.74, 6) is 2.51. The molecule has 0 spiro atoms. The van der Waals surface area contributed by atoms with Crippen molar-refractivity contribution in [2.24, 2.45) is 0 Å². The van der Waals surface area contributed by atoms with Gasteiger partial charge in [0.25, 0.3) is 5.91 Å². The number of aromatic nitrogens is 1. The summed E-state index contributed by atoms with van der Waals surface area (Å²) in [4.78, 5) is 17.2. The van der Waals surface area contributed by atoms with Gasteiger partial charge in [-0.3, -0.25) is 4.79 Å². The highest BCUT2D eigenvalue weighted by atomic mass is 16.5. The molecule has 0 saturated heterocycles. The third kappa shape index (κ3) is 5.26. The van der Waals surface area contributed by atoms with Crippen LogP contribution in [0, 0.1) is 0 Å². The fraction of sp³-hybridized carbons (Fsp3) is 0.231. The molecular weight excluding hydrogens is 420 g/mol. The molecule has 7 nitrogen and oxygen atoms in total. The summed E-state index contributed by atoms with van der Waals surface area (Å²) in [7, 11) is 3.23. The Labute approximate surface area is 192 Å². The van der Waals surface area contributed by atoms with E-state index in [1.165, 1.54) is 0 Å². The monoisotopic (exact) mass is 446 g/mol. The van der Waals surface area contributed by atoms with Gasteiger partial charge in [0.1, 0.15) is 11.3 Å². The quantitative estimate of drug-likeness (QED) is 0.399. The van der Waals surface area contributed by atoms with Crippen LogP contribution >= 0.6 is 0 Å². The molecule has 1 amide bonds. The van der Waals surface area contributed by atoms with Gasteiger partial charge in [-0.2, -0.15) is 0 Å². The van der Waals surface area contributed by atoms with E-state index in [2.05, 4.69) is 10.3 Å². The molecule has 4 rings (SSSR count). The van der Waals surface area contributed by atoms with Crippen molar-refractivity contribution in [2.45, 2.75) is 19.9 Å². The fourth-order valence-electron chi connectivity index (χ4n) is 3.49. The average molecular weight is 447 g/mol. The van der Waals surface area contributed by atoms with Gasteiger partial charge in [0.2, 0.25) is 0 Å². The van der Waals surface area contributed by atoms with Crippen LogP contribution in [0.4, 0.5) is 0 Å².